The van der Waals surface area contributed by atoms with E-state index in [1.165, 1.54) is 0 Å². The van der Waals surface area contributed by atoms with Crippen LogP contribution in [-0.2, 0) is 65.7 Å². The number of aliphatic carboxylic acids is 1. The van der Waals surface area contributed by atoms with Gasteiger partial charge in [-0.2, -0.15) is 46.2 Å². The molecule has 5 aromatic carbocycles. The fourth-order valence-electron chi connectivity index (χ4n) is 6.90. The Labute approximate surface area is 410 Å². The number of amides is 2. The summed E-state index contributed by atoms with van der Waals surface area (Å²) in [5.41, 5.74) is 20.8. The Hall–Kier alpha value is -8.66. The molecule has 0 spiro atoms. The number of carbonyl (C=O) groups is 5. The van der Waals surface area contributed by atoms with Crippen LogP contribution in [0.1, 0.15) is 41.7 Å². The minimum Gasteiger partial charge on any atom is -0.481 e. The molecule has 0 bridgehead atoms. The number of hydrogen-bond acceptors (Lipinski definition) is 16. The maximum absolute atomic E-state index is 12.6. The van der Waals surface area contributed by atoms with Crippen molar-refractivity contribution in [3.63, 3.8) is 0 Å². The van der Waals surface area contributed by atoms with E-state index in [1.807, 2.05) is 48.5 Å². The fraction of sp³-hybridized carbons (Fsp3) is 0.271. The number of piperazine rings is 1. The molecule has 23 heteroatoms. The van der Waals surface area contributed by atoms with Gasteiger partial charge >= 0.3 is 24.0 Å². The van der Waals surface area contributed by atoms with Crippen molar-refractivity contribution in [3.05, 3.63) is 130 Å². The van der Waals surface area contributed by atoms with E-state index in [1.54, 1.807) is 72.2 Å². The standard InChI is InChI=1S/C20H20ClN5O3.C10H11N3O2.C10H14N2O2.C8H7N3O2/c21-16-4-1-14(2-5-16)13-29-20(28)26-9-7-25(8-10-26)19(27)12-15-3-6-17-18(11-15)23-24-22-17;1-2-15-10(14)6-7-3-4-8-9(5-7)12-13-11-8;1-2-14-10(13)6-7-3-4-8(11)9(12)5-7;12-8(13)4-5-1-2-6-7(3-5)10-11-9-6/h1-6,11H,7-10,12-13H2,(H,22,23,24);3-5H,2,6H2,1H3,(H,11,12,13);3-5H,2,6,11-12H2,1H3;1-3H,4H2,(H,12,13)(H,9,10,11). The summed E-state index contributed by atoms with van der Waals surface area (Å²) in [6.07, 6.45) is 0.449. The van der Waals surface area contributed by atoms with Gasteiger partial charge in [-0.15, -0.1) is 0 Å². The Morgan fingerprint density at radius 1 is 0.521 bits per heavy atom. The number of nitrogens with two attached hydrogens (primary N) is 2. The van der Waals surface area contributed by atoms with Crippen molar-refractivity contribution in [1.82, 2.24) is 56.0 Å². The lowest BCUT2D eigenvalue weighted by Gasteiger charge is -2.34. The highest BCUT2D eigenvalue weighted by molar-refractivity contribution is 6.30. The molecule has 71 heavy (non-hydrogen) atoms. The molecule has 1 fully saturated rings. The van der Waals surface area contributed by atoms with Crippen LogP contribution in [0, 0.1) is 0 Å². The largest absolute Gasteiger partial charge is 0.481 e. The van der Waals surface area contributed by atoms with Gasteiger partial charge in [-0.05, 0) is 102 Å². The smallest absolute Gasteiger partial charge is 0.410 e. The summed E-state index contributed by atoms with van der Waals surface area (Å²) >= 11 is 5.85. The van der Waals surface area contributed by atoms with Gasteiger partial charge in [-0.25, -0.2) is 4.79 Å². The number of halogens is 1. The number of carboxylic acid groups (broad SMARTS) is 1. The van der Waals surface area contributed by atoms with Crippen LogP contribution in [0.4, 0.5) is 16.2 Å². The van der Waals surface area contributed by atoms with Crippen LogP contribution in [-0.4, -0.2) is 130 Å². The molecular formula is C48H52ClN13O9. The quantitative estimate of drug-likeness (QED) is 0.0518. The third kappa shape index (κ3) is 16.0. The minimum atomic E-state index is -0.845. The van der Waals surface area contributed by atoms with E-state index in [0.29, 0.717) is 67.7 Å². The van der Waals surface area contributed by atoms with Crippen LogP contribution in [0.25, 0.3) is 33.1 Å². The summed E-state index contributed by atoms with van der Waals surface area (Å²) in [7, 11) is 0. The monoisotopic (exact) mass is 989 g/mol. The molecule has 8 N–H and O–H groups in total. The number of aromatic amines is 3. The Morgan fingerprint density at radius 2 is 0.930 bits per heavy atom. The van der Waals surface area contributed by atoms with Crippen molar-refractivity contribution in [1.29, 1.82) is 0 Å². The fourth-order valence-corrected chi connectivity index (χ4v) is 7.02. The van der Waals surface area contributed by atoms with Crippen molar-refractivity contribution in [2.24, 2.45) is 0 Å². The Balaban J connectivity index is 0.000000167. The molecular weight excluding hydrogens is 938 g/mol. The highest BCUT2D eigenvalue weighted by Gasteiger charge is 2.25. The normalized spacial score (nSPS) is 11.9. The van der Waals surface area contributed by atoms with Crippen molar-refractivity contribution >= 4 is 86.0 Å². The summed E-state index contributed by atoms with van der Waals surface area (Å²) in [5, 5.41) is 40.4. The molecule has 0 atom stereocenters. The number of nitrogens with zero attached hydrogens (tertiary/aromatic N) is 8. The first kappa shape index (κ1) is 51.7. The number of benzene rings is 5. The average Bonchev–Trinajstić information content (AvgIpc) is 4.15. The lowest BCUT2D eigenvalue weighted by molar-refractivity contribution is -0.143. The Kier molecular flexibility index (Phi) is 18.7. The summed E-state index contributed by atoms with van der Waals surface area (Å²) in [5.74, 6) is -1.29. The lowest BCUT2D eigenvalue weighted by Crippen LogP contribution is -2.51. The third-order valence-corrected chi connectivity index (χ3v) is 10.7. The number of esters is 2. The summed E-state index contributed by atoms with van der Waals surface area (Å²) in [6, 6.07) is 28.6. The summed E-state index contributed by atoms with van der Waals surface area (Å²) < 4.78 is 15.0. The number of carboxylic acids is 1. The molecule has 8 aromatic rings. The zero-order chi connectivity index (χ0) is 50.7. The number of nitrogen functional groups attached to an aromatic ring is 2. The van der Waals surface area contributed by atoms with E-state index < -0.39 is 5.97 Å². The van der Waals surface area contributed by atoms with Crippen molar-refractivity contribution in [2.75, 3.05) is 50.9 Å². The van der Waals surface area contributed by atoms with Gasteiger partial charge in [0, 0.05) is 31.2 Å². The maximum Gasteiger partial charge on any atom is 0.410 e. The predicted molar refractivity (Wildman–Crippen MR) is 262 cm³/mol. The van der Waals surface area contributed by atoms with E-state index >= 15 is 0 Å². The van der Waals surface area contributed by atoms with Crippen molar-refractivity contribution < 1.29 is 43.3 Å². The first-order valence-electron chi connectivity index (χ1n) is 22.3. The van der Waals surface area contributed by atoms with E-state index in [4.69, 9.17) is 42.4 Å². The van der Waals surface area contributed by atoms with Gasteiger partial charge in [-0.1, -0.05) is 48.0 Å². The van der Waals surface area contributed by atoms with Crippen LogP contribution in [0.15, 0.2) is 97.1 Å². The molecule has 370 valence electrons. The summed E-state index contributed by atoms with van der Waals surface area (Å²) in [4.78, 5) is 61.0. The lowest BCUT2D eigenvalue weighted by atomic mass is 10.1. The molecule has 2 amide bonds. The number of fused-ring (bicyclic) bond motifs is 3. The van der Waals surface area contributed by atoms with Crippen LogP contribution >= 0.6 is 11.6 Å². The molecule has 22 nitrogen and oxygen atoms in total. The molecule has 1 saturated heterocycles. The van der Waals surface area contributed by atoms with Gasteiger partial charge in [0.25, 0.3) is 0 Å². The topological polar surface area (TPSA) is 316 Å². The van der Waals surface area contributed by atoms with E-state index in [-0.39, 0.29) is 49.8 Å². The number of hydrogen-bond donors (Lipinski definition) is 6. The molecule has 0 saturated carbocycles. The molecule has 0 aliphatic carbocycles. The van der Waals surface area contributed by atoms with Gasteiger partial charge in [0.1, 0.15) is 39.7 Å². The molecule has 3 aromatic heterocycles. The molecule has 4 heterocycles. The highest BCUT2D eigenvalue weighted by Crippen LogP contribution is 2.18. The molecule has 1 aliphatic rings. The van der Waals surface area contributed by atoms with Gasteiger partial charge < -0.3 is 40.6 Å². The number of rotatable bonds is 12. The highest BCUT2D eigenvalue weighted by atomic mass is 35.5. The van der Waals surface area contributed by atoms with Crippen LogP contribution in [0.5, 0.6) is 0 Å². The van der Waals surface area contributed by atoms with Gasteiger partial charge in [0.05, 0.1) is 50.3 Å². The van der Waals surface area contributed by atoms with E-state index in [2.05, 4.69) is 46.2 Å². The number of H-pyrrole nitrogens is 3. The van der Waals surface area contributed by atoms with Crippen molar-refractivity contribution in [3.8, 4) is 0 Å². The Morgan fingerprint density at radius 3 is 1.39 bits per heavy atom. The van der Waals surface area contributed by atoms with Crippen LogP contribution in [0.2, 0.25) is 5.02 Å². The van der Waals surface area contributed by atoms with Gasteiger partial charge in [0.15, 0.2) is 0 Å². The third-order valence-electron chi connectivity index (χ3n) is 10.5. The minimum absolute atomic E-state index is 0.0167. The molecule has 0 unspecified atom stereocenters. The first-order valence-corrected chi connectivity index (χ1v) is 22.6. The van der Waals surface area contributed by atoms with Gasteiger partial charge in [-0.3, -0.25) is 19.2 Å². The van der Waals surface area contributed by atoms with Crippen LogP contribution < -0.4 is 11.5 Å². The van der Waals surface area contributed by atoms with E-state index in [9.17, 15) is 24.0 Å². The van der Waals surface area contributed by atoms with Crippen LogP contribution in [0.3, 0.4) is 0 Å². The number of anilines is 2. The number of ether oxygens (including phenoxy) is 3. The number of nitrogens with one attached hydrogen (secondary N) is 3. The first-order chi connectivity index (χ1) is 34.3. The number of carbonyl (C=O) groups excluding carboxylic acids is 4. The second-order valence-corrected chi connectivity index (χ2v) is 16.1. The predicted octanol–water partition coefficient (Wildman–Crippen LogP) is 5.24. The SMILES string of the molecule is CCOC(=O)Cc1ccc(N)c(N)c1.CCOC(=O)Cc1ccc2n[nH]nc2c1.O=C(Cc1ccc2n[nH]nc2c1)N1CCN(C(=O)OCc2ccc(Cl)cc2)CC1.O=C(O)Cc1ccc2n[nH]nc2c1. The Bertz CT molecular complexity index is 3060. The maximum atomic E-state index is 12.6. The molecule has 9 rings (SSSR count). The zero-order valence-corrected chi connectivity index (χ0v) is 39.6. The van der Waals surface area contributed by atoms with Gasteiger partial charge in [0.2, 0.25) is 5.91 Å². The number of aromatic nitrogens is 9. The molecule has 0 radical (unpaired) electrons. The second-order valence-electron chi connectivity index (χ2n) is 15.7. The zero-order valence-electron chi connectivity index (χ0n) is 38.8. The summed E-state index contributed by atoms with van der Waals surface area (Å²) in [6.45, 7) is 6.44. The average molecular weight is 990 g/mol. The molecule has 1 aliphatic heterocycles. The van der Waals surface area contributed by atoms with Crippen molar-refractivity contribution in [2.45, 2.75) is 46.1 Å². The van der Waals surface area contributed by atoms with E-state index in [0.717, 1.165) is 55.4 Å². The second kappa shape index (κ2) is 25.6.